The summed E-state index contributed by atoms with van der Waals surface area (Å²) in [4.78, 5) is 17.7. The Morgan fingerprint density at radius 3 is 2.56 bits per heavy atom. The number of hydrogen-bond acceptors (Lipinski definition) is 3. The maximum Gasteiger partial charge on any atom is 0.253 e. The fourth-order valence-corrected chi connectivity index (χ4v) is 4.36. The molecular formula is C28H30ClN3O2. The van der Waals surface area contributed by atoms with E-state index >= 15 is 0 Å². The molecule has 0 saturated carbocycles. The van der Waals surface area contributed by atoms with Crippen molar-refractivity contribution in [3.8, 4) is 5.75 Å². The molecule has 0 aliphatic carbocycles. The molecule has 4 rings (SSSR count). The number of amides is 1. The van der Waals surface area contributed by atoms with Gasteiger partial charge in [-0.3, -0.25) is 4.79 Å². The molecule has 1 atom stereocenters. The van der Waals surface area contributed by atoms with Crippen molar-refractivity contribution in [3.05, 3.63) is 94.3 Å². The van der Waals surface area contributed by atoms with Gasteiger partial charge in [0.15, 0.2) is 0 Å². The van der Waals surface area contributed by atoms with Crippen LogP contribution in [0.3, 0.4) is 0 Å². The first-order chi connectivity index (χ1) is 16.3. The molecule has 4 aromatic rings. The zero-order chi connectivity index (χ0) is 24.2. The van der Waals surface area contributed by atoms with Gasteiger partial charge in [-0.2, -0.15) is 0 Å². The van der Waals surface area contributed by atoms with Gasteiger partial charge in [0.1, 0.15) is 18.2 Å². The van der Waals surface area contributed by atoms with Crippen molar-refractivity contribution < 1.29 is 9.53 Å². The Balaban J connectivity index is 1.57. The number of rotatable bonds is 8. The number of hydrogen-bond donors (Lipinski definition) is 1. The lowest BCUT2D eigenvalue weighted by Crippen LogP contribution is -2.29. The number of imidazole rings is 1. The molecule has 34 heavy (non-hydrogen) atoms. The minimum Gasteiger partial charge on any atom is -0.491 e. The summed E-state index contributed by atoms with van der Waals surface area (Å²) >= 11 is 6.22. The molecule has 0 radical (unpaired) electrons. The molecule has 0 aliphatic rings. The molecule has 3 aromatic carbocycles. The van der Waals surface area contributed by atoms with Crippen LogP contribution in [-0.2, 0) is 6.54 Å². The van der Waals surface area contributed by atoms with Crippen molar-refractivity contribution in [2.45, 2.75) is 46.2 Å². The summed E-state index contributed by atoms with van der Waals surface area (Å²) in [5.74, 6) is 1.84. The maximum atomic E-state index is 12.9. The van der Waals surface area contributed by atoms with Crippen LogP contribution in [0.15, 0.2) is 66.7 Å². The quantitative estimate of drug-likeness (QED) is 0.309. The van der Waals surface area contributed by atoms with Crippen molar-refractivity contribution in [1.82, 2.24) is 14.9 Å². The third-order valence-corrected chi connectivity index (χ3v) is 6.23. The minimum atomic E-state index is -0.318. The Hall–Kier alpha value is -3.31. The number of fused-ring (bicyclic) bond motifs is 1. The van der Waals surface area contributed by atoms with E-state index in [0.29, 0.717) is 29.7 Å². The van der Waals surface area contributed by atoms with E-state index in [1.54, 1.807) is 24.3 Å². The number of aryl methyl sites for hydroxylation is 1. The number of benzene rings is 3. The topological polar surface area (TPSA) is 56.1 Å². The van der Waals surface area contributed by atoms with Crippen LogP contribution in [-0.4, -0.2) is 22.1 Å². The molecule has 0 saturated heterocycles. The Kier molecular flexibility index (Phi) is 7.23. The molecule has 1 heterocycles. The summed E-state index contributed by atoms with van der Waals surface area (Å²) < 4.78 is 8.37. The van der Waals surface area contributed by atoms with E-state index in [4.69, 9.17) is 21.3 Å². The van der Waals surface area contributed by atoms with Gasteiger partial charge in [0.25, 0.3) is 5.91 Å². The first-order valence-corrected chi connectivity index (χ1v) is 12.0. The van der Waals surface area contributed by atoms with Gasteiger partial charge in [-0.1, -0.05) is 61.8 Å². The van der Waals surface area contributed by atoms with Crippen LogP contribution < -0.4 is 10.1 Å². The zero-order valence-corrected chi connectivity index (χ0v) is 20.8. The number of para-hydroxylation sites is 2. The maximum absolute atomic E-state index is 12.9. The smallest absolute Gasteiger partial charge is 0.253 e. The number of ether oxygens (including phenoxy) is 1. The molecule has 5 nitrogen and oxygen atoms in total. The van der Waals surface area contributed by atoms with Gasteiger partial charge >= 0.3 is 0 Å². The van der Waals surface area contributed by atoms with E-state index in [2.05, 4.69) is 48.9 Å². The van der Waals surface area contributed by atoms with Gasteiger partial charge in [-0.15, -0.1) is 0 Å². The van der Waals surface area contributed by atoms with Gasteiger partial charge in [-0.05, 0) is 61.2 Å². The molecule has 0 bridgehead atoms. The summed E-state index contributed by atoms with van der Waals surface area (Å²) in [7, 11) is 0. The first-order valence-electron chi connectivity index (χ1n) is 11.6. The lowest BCUT2D eigenvalue weighted by atomic mass is 10.0. The second-order valence-electron chi connectivity index (χ2n) is 8.83. The molecule has 1 N–H and O–H groups in total. The number of aromatic nitrogens is 2. The van der Waals surface area contributed by atoms with Crippen LogP contribution in [0.4, 0.5) is 0 Å². The molecule has 176 valence electrons. The highest BCUT2D eigenvalue weighted by Gasteiger charge is 2.20. The van der Waals surface area contributed by atoms with Crippen LogP contribution >= 0.6 is 11.6 Å². The second-order valence-corrected chi connectivity index (χ2v) is 9.24. The molecule has 0 spiro atoms. The molecular weight excluding hydrogens is 446 g/mol. The predicted molar refractivity (Wildman–Crippen MR) is 138 cm³/mol. The van der Waals surface area contributed by atoms with Gasteiger partial charge in [-0.25, -0.2) is 4.98 Å². The summed E-state index contributed by atoms with van der Waals surface area (Å²) in [6, 6.07) is 21.1. The highest BCUT2D eigenvalue weighted by Crippen LogP contribution is 2.28. The summed E-state index contributed by atoms with van der Waals surface area (Å²) in [6.45, 7) is 9.44. The van der Waals surface area contributed by atoms with Gasteiger partial charge in [0.05, 0.1) is 34.2 Å². The molecule has 1 aromatic heterocycles. The molecule has 1 amide bonds. The Labute approximate surface area is 205 Å². The van der Waals surface area contributed by atoms with E-state index in [1.165, 1.54) is 11.1 Å². The number of halogens is 1. The van der Waals surface area contributed by atoms with Gasteiger partial charge < -0.3 is 14.6 Å². The van der Waals surface area contributed by atoms with Crippen molar-refractivity contribution in [1.29, 1.82) is 0 Å². The third-order valence-electron chi connectivity index (χ3n) is 5.90. The second kappa shape index (κ2) is 10.3. The molecule has 6 heteroatoms. The van der Waals surface area contributed by atoms with Crippen LogP contribution in [0.25, 0.3) is 11.0 Å². The predicted octanol–water partition coefficient (Wildman–Crippen LogP) is 6.69. The summed E-state index contributed by atoms with van der Waals surface area (Å²) in [5.41, 5.74) is 4.71. The van der Waals surface area contributed by atoms with Crippen LogP contribution in [0.5, 0.6) is 5.75 Å². The normalized spacial score (nSPS) is 12.2. The highest BCUT2D eigenvalue weighted by molar-refractivity contribution is 6.33. The lowest BCUT2D eigenvalue weighted by Gasteiger charge is -2.18. The van der Waals surface area contributed by atoms with Crippen LogP contribution in [0, 0.1) is 6.92 Å². The average Bonchev–Trinajstić information content (AvgIpc) is 3.18. The lowest BCUT2D eigenvalue weighted by molar-refractivity contribution is 0.0937. The molecule has 0 aliphatic heterocycles. The van der Waals surface area contributed by atoms with E-state index in [9.17, 15) is 4.79 Å². The average molecular weight is 476 g/mol. The monoisotopic (exact) mass is 475 g/mol. The summed E-state index contributed by atoms with van der Waals surface area (Å²) in [5, 5.41) is 3.47. The molecule has 1 unspecified atom stereocenters. The fraction of sp³-hybridized carbons (Fsp3) is 0.286. The first kappa shape index (κ1) is 23.8. The number of nitrogens with one attached hydrogen (secondary N) is 1. The molecule has 0 fully saturated rings. The Bertz CT molecular complexity index is 1310. The van der Waals surface area contributed by atoms with Crippen molar-refractivity contribution in [2.75, 3.05) is 6.61 Å². The van der Waals surface area contributed by atoms with Gasteiger partial charge in [0, 0.05) is 0 Å². The van der Waals surface area contributed by atoms with Crippen molar-refractivity contribution in [3.63, 3.8) is 0 Å². The van der Waals surface area contributed by atoms with Crippen LogP contribution in [0.2, 0.25) is 5.02 Å². The standard InChI is InChI=1S/C28H30ClN3O2/c1-18(2)21-14-13-19(3)17-26(21)34-16-15-32-25-12-8-7-11-24(25)31-27(32)20(4)30-28(33)22-9-5-6-10-23(22)29/h5-14,17-18,20H,15-16H2,1-4H3,(H,30,33). The van der Waals surface area contributed by atoms with Crippen molar-refractivity contribution >= 4 is 28.5 Å². The minimum absolute atomic E-state index is 0.228. The Morgan fingerprint density at radius 1 is 1.06 bits per heavy atom. The zero-order valence-electron chi connectivity index (χ0n) is 20.0. The Morgan fingerprint density at radius 2 is 1.79 bits per heavy atom. The SMILES string of the molecule is Cc1ccc(C(C)C)c(OCCn2c(C(C)NC(=O)c3ccccc3Cl)nc3ccccc32)c1. The largest absolute Gasteiger partial charge is 0.491 e. The van der Waals surface area contributed by atoms with E-state index < -0.39 is 0 Å². The number of nitrogens with zero attached hydrogens (tertiary/aromatic N) is 2. The van der Waals surface area contributed by atoms with E-state index in [-0.39, 0.29) is 11.9 Å². The summed E-state index contributed by atoms with van der Waals surface area (Å²) in [6.07, 6.45) is 0. The number of carbonyl (C=O) groups excluding carboxylic acids is 1. The van der Waals surface area contributed by atoms with Crippen LogP contribution in [0.1, 0.15) is 60.0 Å². The highest BCUT2D eigenvalue weighted by atomic mass is 35.5. The number of carbonyl (C=O) groups is 1. The van der Waals surface area contributed by atoms with Crippen molar-refractivity contribution in [2.24, 2.45) is 0 Å². The van der Waals surface area contributed by atoms with E-state index in [1.807, 2.05) is 31.2 Å². The van der Waals surface area contributed by atoms with Gasteiger partial charge in [0.2, 0.25) is 0 Å². The third kappa shape index (κ3) is 5.10. The fourth-order valence-electron chi connectivity index (χ4n) is 4.13. The van der Waals surface area contributed by atoms with E-state index in [0.717, 1.165) is 22.6 Å².